The highest BCUT2D eigenvalue weighted by Crippen LogP contribution is 2.38. The molecule has 25 heavy (non-hydrogen) atoms. The van der Waals surface area contributed by atoms with Crippen molar-refractivity contribution in [3.63, 3.8) is 0 Å². The van der Waals surface area contributed by atoms with Crippen LogP contribution in [0.3, 0.4) is 0 Å². The van der Waals surface area contributed by atoms with Crippen molar-refractivity contribution in [2.45, 2.75) is 31.3 Å². The van der Waals surface area contributed by atoms with Crippen LogP contribution < -0.4 is 16.1 Å². The Morgan fingerprint density at radius 2 is 2.00 bits per heavy atom. The summed E-state index contributed by atoms with van der Waals surface area (Å²) in [4.78, 5) is 25.6. The molecule has 4 rings (SSSR count). The lowest BCUT2D eigenvalue weighted by Gasteiger charge is -2.21. The zero-order valence-electron chi connectivity index (χ0n) is 13.4. The maximum Gasteiger partial charge on any atom is 0.341 e. The molecular formula is C17H19ClFN3O3. The van der Waals surface area contributed by atoms with E-state index in [1.54, 1.807) is 10.6 Å². The van der Waals surface area contributed by atoms with Gasteiger partial charge < -0.3 is 20.3 Å². The lowest BCUT2D eigenvalue weighted by atomic mass is 10.1. The van der Waals surface area contributed by atoms with E-state index in [1.807, 2.05) is 4.90 Å². The quantitative estimate of drug-likeness (QED) is 0.867. The number of rotatable bonds is 3. The van der Waals surface area contributed by atoms with Crippen LogP contribution in [0.1, 0.15) is 35.7 Å². The van der Waals surface area contributed by atoms with Crippen LogP contribution in [0.5, 0.6) is 0 Å². The number of nitrogens with two attached hydrogens (primary N) is 1. The number of anilines is 1. The largest absolute Gasteiger partial charge is 0.477 e. The summed E-state index contributed by atoms with van der Waals surface area (Å²) >= 11 is 0. The molecule has 1 aliphatic carbocycles. The fraction of sp³-hybridized carbons (Fsp3) is 0.412. The average molecular weight is 368 g/mol. The number of nitrogens with zero attached hydrogens (tertiary/aromatic N) is 2. The van der Waals surface area contributed by atoms with Crippen LogP contribution in [-0.4, -0.2) is 34.8 Å². The molecule has 0 spiro atoms. The Morgan fingerprint density at radius 1 is 1.28 bits per heavy atom. The summed E-state index contributed by atoms with van der Waals surface area (Å²) in [5.74, 6) is -1.80. The number of halogens is 2. The molecule has 1 aromatic heterocycles. The topological polar surface area (TPSA) is 88.6 Å². The number of aromatic carboxylic acids is 1. The van der Waals surface area contributed by atoms with Crippen molar-refractivity contribution in [3.05, 3.63) is 39.9 Å². The van der Waals surface area contributed by atoms with Crippen LogP contribution in [0.4, 0.5) is 10.1 Å². The van der Waals surface area contributed by atoms with E-state index in [2.05, 4.69) is 0 Å². The number of carboxylic acids is 1. The summed E-state index contributed by atoms with van der Waals surface area (Å²) in [5, 5.41) is 9.37. The Bertz CT molecular complexity index is 910. The van der Waals surface area contributed by atoms with E-state index in [9.17, 15) is 19.1 Å². The molecule has 0 unspecified atom stereocenters. The summed E-state index contributed by atoms with van der Waals surface area (Å²) in [6, 6.07) is 3.02. The molecule has 0 radical (unpaired) electrons. The predicted octanol–water partition coefficient (Wildman–Crippen LogP) is 2.13. The van der Waals surface area contributed by atoms with Gasteiger partial charge in [0.2, 0.25) is 5.43 Å². The Hall–Kier alpha value is -2.12. The van der Waals surface area contributed by atoms with Gasteiger partial charge in [-0.3, -0.25) is 4.79 Å². The van der Waals surface area contributed by atoms with Gasteiger partial charge in [-0.25, -0.2) is 9.18 Å². The van der Waals surface area contributed by atoms with Gasteiger partial charge in [-0.1, -0.05) is 0 Å². The molecular weight excluding hydrogens is 349 g/mol. The number of fused-ring (bicyclic) bond motifs is 1. The Labute approximate surface area is 149 Å². The van der Waals surface area contributed by atoms with Crippen LogP contribution in [-0.2, 0) is 0 Å². The summed E-state index contributed by atoms with van der Waals surface area (Å²) in [5.41, 5.74) is 5.96. The molecule has 2 heterocycles. The average Bonchev–Trinajstić information content (AvgIpc) is 3.28. The van der Waals surface area contributed by atoms with E-state index in [-0.39, 0.29) is 35.4 Å². The minimum atomic E-state index is -1.29. The zero-order valence-corrected chi connectivity index (χ0v) is 14.3. The highest BCUT2D eigenvalue weighted by atomic mass is 35.5. The first kappa shape index (κ1) is 17.7. The standard InChI is InChI=1S/C17H18FN3O3.ClH/c18-13-5-11-14(6-15(13)20-4-3-9(19)7-20)21(10-1-2-10)8-12(16(11)22)17(23)24;/h5-6,8-10H,1-4,7,19H2,(H,23,24);1H/t9-;/m0./s1. The van der Waals surface area contributed by atoms with Crippen molar-refractivity contribution in [2.24, 2.45) is 5.73 Å². The van der Waals surface area contributed by atoms with Crippen molar-refractivity contribution in [3.8, 4) is 0 Å². The van der Waals surface area contributed by atoms with E-state index in [4.69, 9.17) is 5.73 Å². The summed E-state index contributed by atoms with van der Waals surface area (Å²) < 4.78 is 16.4. The van der Waals surface area contributed by atoms with Crippen molar-refractivity contribution < 1.29 is 14.3 Å². The smallest absolute Gasteiger partial charge is 0.341 e. The molecule has 8 heteroatoms. The SMILES string of the molecule is Cl.N[C@H]1CCN(c2cc3c(cc2F)c(=O)c(C(=O)O)cn3C2CC2)C1. The van der Waals surface area contributed by atoms with Gasteiger partial charge in [0.05, 0.1) is 11.2 Å². The molecule has 6 nitrogen and oxygen atoms in total. The first-order valence-electron chi connectivity index (χ1n) is 8.08. The monoisotopic (exact) mass is 367 g/mol. The molecule has 0 bridgehead atoms. The lowest BCUT2D eigenvalue weighted by Crippen LogP contribution is -2.27. The number of pyridine rings is 1. The van der Waals surface area contributed by atoms with Gasteiger partial charge >= 0.3 is 5.97 Å². The van der Waals surface area contributed by atoms with Crippen LogP contribution in [0, 0.1) is 5.82 Å². The first-order chi connectivity index (χ1) is 11.5. The zero-order chi connectivity index (χ0) is 17.0. The highest BCUT2D eigenvalue weighted by Gasteiger charge is 2.28. The highest BCUT2D eigenvalue weighted by molar-refractivity contribution is 5.93. The van der Waals surface area contributed by atoms with Crippen LogP contribution >= 0.6 is 12.4 Å². The molecule has 3 N–H and O–H groups in total. The third-order valence-corrected chi connectivity index (χ3v) is 4.84. The van der Waals surface area contributed by atoms with Crippen molar-refractivity contribution in [1.82, 2.24) is 4.57 Å². The lowest BCUT2D eigenvalue weighted by molar-refractivity contribution is 0.0695. The second kappa shape index (κ2) is 6.31. The maximum atomic E-state index is 14.6. The van der Waals surface area contributed by atoms with E-state index >= 15 is 0 Å². The van der Waals surface area contributed by atoms with E-state index in [1.165, 1.54) is 12.3 Å². The molecule has 1 atom stereocenters. The minimum Gasteiger partial charge on any atom is -0.477 e. The summed E-state index contributed by atoms with van der Waals surface area (Å²) in [6.45, 7) is 1.24. The fourth-order valence-corrected chi connectivity index (χ4v) is 3.41. The Balaban J connectivity index is 0.00000182. The molecule has 0 amide bonds. The van der Waals surface area contributed by atoms with E-state index in [0.717, 1.165) is 19.3 Å². The van der Waals surface area contributed by atoms with Crippen LogP contribution in [0.2, 0.25) is 0 Å². The maximum absolute atomic E-state index is 14.6. The Kier molecular flexibility index (Phi) is 4.47. The number of hydrogen-bond acceptors (Lipinski definition) is 4. The number of aromatic nitrogens is 1. The fourth-order valence-electron chi connectivity index (χ4n) is 3.41. The normalized spacial score (nSPS) is 19.9. The van der Waals surface area contributed by atoms with Gasteiger partial charge in [0.1, 0.15) is 11.4 Å². The van der Waals surface area contributed by atoms with Gasteiger partial charge in [0, 0.05) is 36.8 Å². The molecule has 1 saturated heterocycles. The molecule has 134 valence electrons. The molecule has 2 fully saturated rings. The third-order valence-electron chi connectivity index (χ3n) is 4.84. The Morgan fingerprint density at radius 3 is 2.56 bits per heavy atom. The van der Waals surface area contributed by atoms with E-state index in [0.29, 0.717) is 24.3 Å². The molecule has 1 aromatic carbocycles. The first-order valence-corrected chi connectivity index (χ1v) is 8.08. The number of carbonyl (C=O) groups is 1. The van der Waals surface area contributed by atoms with Crippen molar-refractivity contribution >= 4 is 35.0 Å². The van der Waals surface area contributed by atoms with Gasteiger partial charge in [0.15, 0.2) is 0 Å². The van der Waals surface area contributed by atoms with Crippen molar-refractivity contribution in [1.29, 1.82) is 0 Å². The molecule has 2 aromatic rings. The molecule has 1 saturated carbocycles. The van der Waals surface area contributed by atoms with Crippen LogP contribution in [0.15, 0.2) is 23.1 Å². The van der Waals surface area contributed by atoms with Crippen LogP contribution in [0.25, 0.3) is 10.9 Å². The summed E-state index contributed by atoms with van der Waals surface area (Å²) in [6.07, 6.45) is 4.05. The van der Waals surface area contributed by atoms with E-state index < -0.39 is 17.2 Å². The van der Waals surface area contributed by atoms with Gasteiger partial charge in [-0.2, -0.15) is 0 Å². The van der Waals surface area contributed by atoms with Gasteiger partial charge in [-0.05, 0) is 31.4 Å². The molecule has 1 aliphatic heterocycles. The second-order valence-electron chi connectivity index (χ2n) is 6.63. The predicted molar refractivity (Wildman–Crippen MR) is 95.4 cm³/mol. The number of benzene rings is 1. The molecule has 2 aliphatic rings. The minimum absolute atomic E-state index is 0. The second-order valence-corrected chi connectivity index (χ2v) is 6.63. The number of carboxylic acid groups (broad SMARTS) is 1. The van der Waals surface area contributed by atoms with Gasteiger partial charge in [-0.15, -0.1) is 12.4 Å². The van der Waals surface area contributed by atoms with Gasteiger partial charge in [0.25, 0.3) is 0 Å². The van der Waals surface area contributed by atoms with Crippen molar-refractivity contribution in [2.75, 3.05) is 18.0 Å². The summed E-state index contributed by atoms with van der Waals surface area (Å²) in [7, 11) is 0. The number of hydrogen-bond donors (Lipinski definition) is 2. The third kappa shape index (κ3) is 2.98.